The Balaban J connectivity index is 0.000000148. The monoisotopic (exact) mass is 1170 g/mol. The number of aryl methyl sites for hydroxylation is 3. The van der Waals surface area contributed by atoms with Crippen molar-refractivity contribution in [3.05, 3.63) is 180 Å². The molecule has 8 aromatic rings. The van der Waals surface area contributed by atoms with Gasteiger partial charge in [-0.25, -0.2) is 19.7 Å². The van der Waals surface area contributed by atoms with Gasteiger partial charge in [-0.05, 0) is 189 Å². The van der Waals surface area contributed by atoms with Gasteiger partial charge < -0.3 is 15.7 Å². The van der Waals surface area contributed by atoms with Crippen LogP contribution in [-0.4, -0.2) is 47.8 Å². The zero-order valence-electron chi connectivity index (χ0n) is 42.7. The summed E-state index contributed by atoms with van der Waals surface area (Å²) in [6.07, 6.45) is -5.27. The van der Waals surface area contributed by atoms with Gasteiger partial charge in [-0.3, -0.25) is 19.6 Å². The van der Waals surface area contributed by atoms with E-state index in [1.54, 1.807) is 57.3 Å². The number of benzene rings is 3. The fourth-order valence-electron chi connectivity index (χ4n) is 9.20. The first-order chi connectivity index (χ1) is 37.7. The number of aromatic nitrogens is 5. The summed E-state index contributed by atoms with van der Waals surface area (Å²) < 4.78 is 123. The van der Waals surface area contributed by atoms with Gasteiger partial charge in [-0.1, -0.05) is 15.9 Å². The third-order valence-electron chi connectivity index (χ3n) is 13.8. The Morgan fingerprint density at radius 3 is 1.24 bits per heavy atom. The Morgan fingerprint density at radius 1 is 0.550 bits per heavy atom. The molecule has 412 valence electrons. The molecule has 0 saturated heterocycles. The van der Waals surface area contributed by atoms with Crippen LogP contribution < -0.4 is 10.6 Å². The lowest BCUT2D eigenvalue weighted by Crippen LogP contribution is -2.24. The van der Waals surface area contributed by atoms with Gasteiger partial charge in [0.1, 0.15) is 17.1 Å². The molecule has 5 aromatic heterocycles. The molecule has 3 saturated carbocycles. The first kappa shape index (κ1) is 56.7. The molecular formula is C58H46BrF9N8O4. The minimum Gasteiger partial charge on any atom is -0.477 e. The number of rotatable bonds is 10. The second kappa shape index (κ2) is 22.2. The number of alkyl halides is 9. The zero-order valence-corrected chi connectivity index (χ0v) is 44.3. The second-order valence-electron chi connectivity index (χ2n) is 20.0. The van der Waals surface area contributed by atoms with E-state index < -0.39 is 53.0 Å². The number of hydrogen-bond acceptors (Lipinski definition) is 9. The number of hydrogen-bond donors (Lipinski definition) is 3. The van der Waals surface area contributed by atoms with Crippen molar-refractivity contribution in [1.82, 2.24) is 35.6 Å². The number of nitriles is 1. The summed E-state index contributed by atoms with van der Waals surface area (Å²) in [6.45, 7) is 5.15. The molecule has 5 heterocycles. The topological polar surface area (TPSA) is 184 Å². The highest BCUT2D eigenvalue weighted by molar-refractivity contribution is 9.10. The van der Waals surface area contributed by atoms with E-state index in [2.05, 4.69) is 51.5 Å². The van der Waals surface area contributed by atoms with E-state index in [-0.39, 0.29) is 64.5 Å². The summed E-state index contributed by atoms with van der Waals surface area (Å²) in [6, 6.07) is 21.6. The maximum Gasteiger partial charge on any atom is 0.418 e. The van der Waals surface area contributed by atoms with Gasteiger partial charge in [0.05, 0.1) is 69.4 Å². The van der Waals surface area contributed by atoms with Crippen LogP contribution in [0, 0.1) is 32.1 Å². The Labute approximate surface area is 459 Å². The van der Waals surface area contributed by atoms with E-state index in [0.717, 1.165) is 55.1 Å². The van der Waals surface area contributed by atoms with Crippen LogP contribution >= 0.6 is 15.9 Å². The number of amides is 2. The lowest BCUT2D eigenvalue weighted by atomic mass is 9.98. The first-order valence-electron chi connectivity index (χ1n) is 25.1. The molecule has 0 aliphatic heterocycles. The molecule has 0 bridgehead atoms. The van der Waals surface area contributed by atoms with E-state index in [4.69, 9.17) is 10.4 Å². The molecule has 2 amide bonds. The molecule has 12 nitrogen and oxygen atoms in total. The van der Waals surface area contributed by atoms with E-state index in [0.29, 0.717) is 66.5 Å². The predicted octanol–water partition coefficient (Wildman–Crippen LogP) is 14.3. The number of fused-ring (bicyclic) bond motifs is 3. The zero-order chi connectivity index (χ0) is 57.6. The summed E-state index contributed by atoms with van der Waals surface area (Å²) in [5, 5.41) is 24.4. The second-order valence-corrected chi connectivity index (χ2v) is 20.9. The largest absolute Gasteiger partial charge is 0.477 e. The molecule has 0 radical (unpaired) electrons. The van der Waals surface area contributed by atoms with Gasteiger partial charge in [-0.15, -0.1) is 0 Å². The van der Waals surface area contributed by atoms with E-state index >= 15 is 0 Å². The molecule has 3 aliphatic rings. The minimum absolute atomic E-state index is 0.0276. The molecule has 3 aliphatic carbocycles. The van der Waals surface area contributed by atoms with Crippen molar-refractivity contribution in [3.63, 3.8) is 0 Å². The minimum atomic E-state index is -4.57. The lowest BCUT2D eigenvalue weighted by Gasteiger charge is -2.15. The Bertz CT molecular complexity index is 3830. The maximum absolute atomic E-state index is 13.7. The summed E-state index contributed by atoms with van der Waals surface area (Å²) in [5.41, 5.74) is 1.46. The highest BCUT2D eigenvalue weighted by atomic mass is 79.9. The number of pyridine rings is 5. The van der Waals surface area contributed by atoms with Crippen LogP contribution in [0.25, 0.3) is 32.7 Å². The third kappa shape index (κ3) is 13.2. The van der Waals surface area contributed by atoms with Gasteiger partial charge in [0.15, 0.2) is 0 Å². The number of aromatic carboxylic acids is 1. The fraction of sp³-hybridized carbons (Fsp3) is 0.293. The molecule has 3 fully saturated rings. The smallest absolute Gasteiger partial charge is 0.418 e. The van der Waals surface area contributed by atoms with Crippen molar-refractivity contribution in [3.8, 4) is 6.07 Å². The van der Waals surface area contributed by atoms with Crippen LogP contribution in [0.3, 0.4) is 0 Å². The normalized spacial score (nSPS) is 14.4. The summed E-state index contributed by atoms with van der Waals surface area (Å²) in [7, 11) is 0. The standard InChI is InChI=1S/C22H17F3N4O.C21H17BrF3N3O.C15H12F3NO2/c1-12-6-19(21(30)28-11-16-7-13(10-26)4-5-27-16)29-20-17(12)8-15(14-2-3-14)9-18(20)22(23,24)25;1-11-6-18(20(29)27-10-15-9-14(22)4-5-26-15)28-19-16(11)7-13(12-2-3-12)8-17(19)21(23,24)25;1-7-4-12(14(20)21)19-13-10(7)5-9(8-2-3-8)6-11(13)15(16,17)18/h4-9,14H,2-3,11H2,1H3,(H,28,30);4-9,12H,2-3,10H2,1H3,(H,27,29);4-6,8H,2-3H2,1H3,(H,20,21). The van der Waals surface area contributed by atoms with Crippen LogP contribution in [0.1, 0.15) is 155 Å². The number of carbonyl (C=O) groups is 3. The third-order valence-corrected chi connectivity index (χ3v) is 14.3. The number of carboxylic acid groups (broad SMARTS) is 1. The predicted molar refractivity (Wildman–Crippen MR) is 281 cm³/mol. The van der Waals surface area contributed by atoms with Gasteiger partial charge in [0.25, 0.3) is 11.8 Å². The molecule has 11 rings (SSSR count). The van der Waals surface area contributed by atoms with Gasteiger partial charge >= 0.3 is 24.5 Å². The van der Waals surface area contributed by atoms with E-state index in [1.165, 1.54) is 42.6 Å². The molecule has 80 heavy (non-hydrogen) atoms. The van der Waals surface area contributed by atoms with Crippen LogP contribution in [-0.2, 0) is 31.6 Å². The highest BCUT2D eigenvalue weighted by Crippen LogP contribution is 2.47. The number of carbonyl (C=O) groups excluding carboxylic acids is 2. The average Bonchev–Trinajstić information content (AvgIpc) is 4.38. The number of halogens is 10. The number of nitrogens with zero attached hydrogens (tertiary/aromatic N) is 6. The molecule has 0 atom stereocenters. The van der Waals surface area contributed by atoms with E-state index in [9.17, 15) is 53.9 Å². The van der Waals surface area contributed by atoms with Crippen molar-refractivity contribution in [1.29, 1.82) is 5.26 Å². The summed E-state index contributed by atoms with van der Waals surface area (Å²) in [4.78, 5) is 56.2. The van der Waals surface area contributed by atoms with Crippen LogP contribution in [0.4, 0.5) is 39.5 Å². The van der Waals surface area contributed by atoms with Gasteiger partial charge in [0, 0.05) is 33.0 Å². The van der Waals surface area contributed by atoms with Gasteiger partial charge in [-0.2, -0.15) is 44.8 Å². The SMILES string of the molecule is Cc1cc(C(=O)NCc2cc(Br)ccn2)nc2c(C(F)(F)F)cc(C3CC3)cc12.Cc1cc(C(=O)NCc2cc(C#N)ccn2)nc2c(C(F)(F)F)cc(C3CC3)cc12.Cc1cc(C(=O)O)nc2c(C(F)(F)F)cc(C3CC3)cc12. The maximum atomic E-state index is 13.7. The fourth-order valence-corrected chi connectivity index (χ4v) is 9.58. The summed E-state index contributed by atoms with van der Waals surface area (Å²) in [5.74, 6) is -1.97. The van der Waals surface area contributed by atoms with Crippen molar-refractivity contribution >= 4 is 66.4 Å². The summed E-state index contributed by atoms with van der Waals surface area (Å²) >= 11 is 3.33. The Kier molecular flexibility index (Phi) is 15.7. The van der Waals surface area contributed by atoms with Crippen molar-refractivity contribution in [2.45, 2.75) is 109 Å². The Hall–Kier alpha value is -8.06. The first-order valence-corrected chi connectivity index (χ1v) is 25.9. The molecule has 22 heteroatoms. The Morgan fingerprint density at radius 2 is 0.900 bits per heavy atom. The van der Waals surface area contributed by atoms with Crippen molar-refractivity contribution in [2.75, 3.05) is 0 Å². The van der Waals surface area contributed by atoms with Crippen molar-refractivity contribution < 1.29 is 59.0 Å². The molecule has 0 spiro atoms. The molecule has 3 aromatic carbocycles. The highest BCUT2D eigenvalue weighted by Gasteiger charge is 2.39. The molecule has 3 N–H and O–H groups in total. The van der Waals surface area contributed by atoms with Gasteiger partial charge in [0.2, 0.25) is 0 Å². The molecular weight excluding hydrogens is 1120 g/mol. The number of carboxylic acids is 1. The lowest BCUT2D eigenvalue weighted by molar-refractivity contribution is -0.137. The van der Waals surface area contributed by atoms with E-state index in [1.807, 2.05) is 6.07 Å². The number of nitrogens with one attached hydrogen (secondary N) is 2. The quantitative estimate of drug-likeness (QED) is 0.111. The van der Waals surface area contributed by atoms with Crippen molar-refractivity contribution in [2.24, 2.45) is 0 Å². The average molecular weight is 1170 g/mol. The van der Waals surface area contributed by atoms with Crippen LogP contribution in [0.15, 0.2) is 95.7 Å². The van der Waals surface area contributed by atoms with Crippen LogP contribution in [0.2, 0.25) is 0 Å². The van der Waals surface area contributed by atoms with Crippen LogP contribution in [0.5, 0.6) is 0 Å². The molecule has 0 unspecified atom stereocenters.